The lowest BCUT2D eigenvalue weighted by atomic mass is 10.2. The van der Waals surface area contributed by atoms with Gasteiger partial charge in [0, 0.05) is 31.4 Å². The lowest BCUT2D eigenvalue weighted by Gasteiger charge is -2.28. The van der Waals surface area contributed by atoms with Crippen LogP contribution in [0.25, 0.3) is 17.0 Å². The average molecular weight is 432 g/mol. The van der Waals surface area contributed by atoms with E-state index in [2.05, 4.69) is 37.4 Å². The molecule has 3 N–H and O–H groups in total. The largest absolute Gasteiger partial charge is 0.481 e. The van der Waals surface area contributed by atoms with E-state index in [4.69, 9.17) is 20.2 Å². The van der Waals surface area contributed by atoms with Gasteiger partial charge < -0.3 is 25.4 Å². The van der Waals surface area contributed by atoms with E-state index in [-0.39, 0.29) is 0 Å². The molecule has 1 aliphatic rings. The Morgan fingerprint density at radius 3 is 2.66 bits per heavy atom. The van der Waals surface area contributed by atoms with E-state index in [0.717, 1.165) is 35.8 Å². The van der Waals surface area contributed by atoms with Crippen LogP contribution in [0.1, 0.15) is 5.82 Å². The van der Waals surface area contributed by atoms with Gasteiger partial charge in [-0.2, -0.15) is 0 Å². The molecule has 5 rings (SSSR count). The summed E-state index contributed by atoms with van der Waals surface area (Å²) in [5, 5.41) is 3.36. The highest BCUT2D eigenvalue weighted by Gasteiger charge is 2.19. The van der Waals surface area contributed by atoms with Gasteiger partial charge in [0.25, 0.3) is 0 Å². The van der Waals surface area contributed by atoms with Gasteiger partial charge in [0.2, 0.25) is 5.88 Å². The number of morpholine rings is 1. The van der Waals surface area contributed by atoms with Gasteiger partial charge in [0.15, 0.2) is 5.82 Å². The molecule has 0 aromatic carbocycles. The van der Waals surface area contributed by atoms with Crippen LogP contribution in [0.5, 0.6) is 5.88 Å². The molecule has 0 atom stereocenters. The van der Waals surface area contributed by atoms with Gasteiger partial charge in [-0.15, -0.1) is 0 Å². The summed E-state index contributed by atoms with van der Waals surface area (Å²) in [6.45, 7) is 4.94. The van der Waals surface area contributed by atoms with Gasteiger partial charge in [-0.3, -0.25) is 4.40 Å². The Morgan fingerprint density at radius 1 is 1.09 bits per heavy atom. The second-order valence-corrected chi connectivity index (χ2v) is 7.46. The molecule has 5 heterocycles. The number of nitrogen functional groups attached to an aromatic ring is 1. The number of pyridine rings is 2. The van der Waals surface area contributed by atoms with Crippen LogP contribution in [0, 0.1) is 6.92 Å². The number of rotatable bonds is 5. The number of methoxy groups -OCH3 is 1. The molecule has 0 saturated carbocycles. The molecule has 0 radical (unpaired) electrons. The maximum absolute atomic E-state index is 6.04. The number of nitrogens with zero attached hydrogens (tertiary/aromatic N) is 6. The number of fused-ring (bicyclic) bond motifs is 1. The standard InChI is InChI=1S/C22H24N8O2/c1-14-25-17(11-18(23)26-14)21-22(27-15-3-6-20(31-2)24-12-15)28-19-5-4-16(13-30(19)21)29-7-9-32-10-8-29/h3-6,11-13,27H,7-10H2,1-2H3,(H2,23,25,26). The van der Waals surface area contributed by atoms with Crippen molar-refractivity contribution in [2.75, 3.05) is 49.4 Å². The molecule has 10 heteroatoms. The molecule has 164 valence electrons. The van der Waals surface area contributed by atoms with E-state index < -0.39 is 0 Å². The monoisotopic (exact) mass is 432 g/mol. The van der Waals surface area contributed by atoms with E-state index in [1.54, 1.807) is 25.4 Å². The maximum Gasteiger partial charge on any atom is 0.213 e. The molecule has 1 aliphatic heterocycles. The molecule has 0 bridgehead atoms. The number of aromatic nitrogens is 5. The summed E-state index contributed by atoms with van der Waals surface area (Å²) in [4.78, 5) is 20.2. The van der Waals surface area contributed by atoms with E-state index >= 15 is 0 Å². The minimum atomic E-state index is 0.406. The van der Waals surface area contributed by atoms with Gasteiger partial charge in [-0.1, -0.05) is 0 Å². The van der Waals surface area contributed by atoms with Crippen molar-refractivity contribution in [3.05, 3.63) is 48.5 Å². The zero-order valence-corrected chi connectivity index (χ0v) is 17.9. The SMILES string of the molecule is COc1ccc(Nc2nc3ccc(N4CCOCC4)cn3c2-c2cc(N)nc(C)n2)cn1. The van der Waals surface area contributed by atoms with E-state index in [1.165, 1.54) is 0 Å². The molecule has 0 aliphatic carbocycles. The van der Waals surface area contributed by atoms with Crippen LogP contribution in [0.15, 0.2) is 42.7 Å². The molecule has 10 nitrogen and oxygen atoms in total. The quantitative estimate of drug-likeness (QED) is 0.491. The first-order chi connectivity index (χ1) is 15.6. The highest BCUT2D eigenvalue weighted by atomic mass is 16.5. The van der Waals surface area contributed by atoms with Gasteiger partial charge in [-0.05, 0) is 25.1 Å². The molecule has 1 fully saturated rings. The Kier molecular flexibility index (Phi) is 5.20. The van der Waals surface area contributed by atoms with Crippen molar-refractivity contribution in [1.29, 1.82) is 0 Å². The van der Waals surface area contributed by atoms with Crippen molar-refractivity contribution in [3.8, 4) is 17.3 Å². The molecular formula is C22H24N8O2. The normalized spacial score (nSPS) is 14.0. The first kappa shape index (κ1) is 20.0. The van der Waals surface area contributed by atoms with Crippen LogP contribution in [-0.4, -0.2) is 57.7 Å². The minimum Gasteiger partial charge on any atom is -0.481 e. The molecule has 0 spiro atoms. The molecular weight excluding hydrogens is 408 g/mol. The second-order valence-electron chi connectivity index (χ2n) is 7.46. The Labute approximate surface area is 185 Å². The Bertz CT molecular complexity index is 1230. The zero-order valence-electron chi connectivity index (χ0n) is 17.9. The van der Waals surface area contributed by atoms with Gasteiger partial charge in [0.1, 0.15) is 23.0 Å². The zero-order chi connectivity index (χ0) is 22.1. The third-order valence-electron chi connectivity index (χ3n) is 5.29. The maximum atomic E-state index is 6.04. The fraction of sp³-hybridized carbons (Fsp3) is 0.273. The predicted octanol–water partition coefficient (Wildman–Crippen LogP) is 2.67. The van der Waals surface area contributed by atoms with Gasteiger partial charge in [0.05, 0.1) is 43.6 Å². The van der Waals surface area contributed by atoms with Gasteiger partial charge in [-0.25, -0.2) is 19.9 Å². The van der Waals surface area contributed by atoms with Crippen LogP contribution >= 0.6 is 0 Å². The third kappa shape index (κ3) is 3.87. The van der Waals surface area contributed by atoms with Crippen LogP contribution < -0.4 is 20.7 Å². The van der Waals surface area contributed by atoms with E-state index in [0.29, 0.717) is 42.2 Å². The minimum absolute atomic E-state index is 0.406. The van der Waals surface area contributed by atoms with E-state index in [1.807, 2.05) is 23.5 Å². The fourth-order valence-corrected chi connectivity index (χ4v) is 3.80. The number of anilines is 4. The van der Waals surface area contributed by atoms with Crippen molar-refractivity contribution >= 4 is 28.7 Å². The number of aryl methyl sites for hydroxylation is 1. The summed E-state index contributed by atoms with van der Waals surface area (Å²) >= 11 is 0. The van der Waals surface area contributed by atoms with Crippen LogP contribution in [0.3, 0.4) is 0 Å². The first-order valence-corrected chi connectivity index (χ1v) is 10.3. The topological polar surface area (TPSA) is 116 Å². The number of nitrogens with two attached hydrogens (primary N) is 1. The predicted molar refractivity (Wildman–Crippen MR) is 122 cm³/mol. The smallest absolute Gasteiger partial charge is 0.213 e. The highest BCUT2D eigenvalue weighted by molar-refractivity contribution is 5.79. The van der Waals surface area contributed by atoms with E-state index in [9.17, 15) is 0 Å². The summed E-state index contributed by atoms with van der Waals surface area (Å²) in [7, 11) is 1.59. The number of imidazole rings is 1. The lowest BCUT2D eigenvalue weighted by molar-refractivity contribution is 0.122. The number of hydrogen-bond donors (Lipinski definition) is 2. The average Bonchev–Trinajstić information content (AvgIpc) is 3.16. The number of nitrogens with one attached hydrogen (secondary N) is 1. The van der Waals surface area contributed by atoms with Crippen LogP contribution in [-0.2, 0) is 4.74 Å². The summed E-state index contributed by atoms with van der Waals surface area (Å²) in [6.07, 6.45) is 3.78. The molecule has 4 aromatic rings. The van der Waals surface area contributed by atoms with Crippen LogP contribution in [0.4, 0.5) is 23.0 Å². The highest BCUT2D eigenvalue weighted by Crippen LogP contribution is 2.32. The third-order valence-corrected chi connectivity index (χ3v) is 5.29. The van der Waals surface area contributed by atoms with Crippen molar-refractivity contribution in [3.63, 3.8) is 0 Å². The molecule has 1 saturated heterocycles. The number of ether oxygens (including phenoxy) is 2. The van der Waals surface area contributed by atoms with Crippen molar-refractivity contribution in [2.24, 2.45) is 0 Å². The summed E-state index contributed by atoms with van der Waals surface area (Å²) in [5.74, 6) is 2.19. The fourth-order valence-electron chi connectivity index (χ4n) is 3.80. The van der Waals surface area contributed by atoms with Crippen LogP contribution in [0.2, 0.25) is 0 Å². The lowest BCUT2D eigenvalue weighted by Crippen LogP contribution is -2.36. The molecule has 4 aromatic heterocycles. The number of hydrogen-bond acceptors (Lipinski definition) is 9. The van der Waals surface area contributed by atoms with Crippen molar-refractivity contribution < 1.29 is 9.47 Å². The summed E-state index contributed by atoms with van der Waals surface area (Å²) < 4.78 is 12.7. The Morgan fingerprint density at radius 2 is 1.94 bits per heavy atom. The van der Waals surface area contributed by atoms with Crippen molar-refractivity contribution in [1.82, 2.24) is 24.3 Å². The molecule has 32 heavy (non-hydrogen) atoms. The molecule has 0 unspecified atom stereocenters. The molecule has 0 amide bonds. The summed E-state index contributed by atoms with van der Waals surface area (Å²) in [6, 6.07) is 9.52. The van der Waals surface area contributed by atoms with Gasteiger partial charge >= 0.3 is 0 Å². The Hall–Kier alpha value is -3.92. The first-order valence-electron chi connectivity index (χ1n) is 10.3. The second kappa shape index (κ2) is 8.31. The summed E-state index contributed by atoms with van der Waals surface area (Å²) in [5.41, 5.74) is 10.2. The Balaban J connectivity index is 1.64. The van der Waals surface area contributed by atoms with Crippen molar-refractivity contribution in [2.45, 2.75) is 6.92 Å².